The second kappa shape index (κ2) is 0.922. The van der Waals surface area contributed by atoms with Gasteiger partial charge < -0.3 is 0 Å². The Morgan fingerprint density at radius 2 is 1.90 bits per heavy atom. The Bertz CT molecular complexity index is 216. The molecular formula is C10H14. The molecule has 54 valence electrons. The predicted octanol–water partition coefficient (Wildman–Crippen LogP) is 2.15. The maximum Gasteiger partial charge on any atom is -0.0289 e. The van der Waals surface area contributed by atoms with Gasteiger partial charge in [-0.2, -0.15) is 0 Å². The minimum absolute atomic E-state index is 0.777. The molecule has 4 fully saturated rings. The van der Waals surface area contributed by atoms with Crippen LogP contribution in [0.2, 0.25) is 0 Å². The van der Waals surface area contributed by atoms with Crippen molar-refractivity contribution >= 4 is 0 Å². The van der Waals surface area contributed by atoms with Crippen LogP contribution in [-0.2, 0) is 0 Å². The molecule has 0 heterocycles. The van der Waals surface area contributed by atoms with Gasteiger partial charge in [-0.15, -0.1) is 0 Å². The molecule has 0 radical (unpaired) electrons. The summed E-state index contributed by atoms with van der Waals surface area (Å²) in [5.74, 6) is 7.35. The first kappa shape index (κ1) is 4.79. The highest BCUT2D eigenvalue weighted by atomic mass is 14.9. The van der Waals surface area contributed by atoms with Crippen LogP contribution in [0.4, 0.5) is 0 Å². The molecule has 6 atom stereocenters. The van der Waals surface area contributed by atoms with E-state index in [4.69, 9.17) is 0 Å². The molecule has 0 heteroatoms. The van der Waals surface area contributed by atoms with Crippen molar-refractivity contribution in [2.75, 3.05) is 0 Å². The molecule has 0 aromatic rings. The lowest BCUT2D eigenvalue weighted by atomic mass is 9.39. The molecule has 0 aliphatic heterocycles. The van der Waals surface area contributed by atoms with Crippen LogP contribution in [0.3, 0.4) is 0 Å². The minimum Gasteiger partial charge on any atom is -0.0593 e. The van der Waals surface area contributed by atoms with Gasteiger partial charge in [0.25, 0.3) is 0 Å². The number of hydrogen-bond donors (Lipinski definition) is 0. The van der Waals surface area contributed by atoms with Crippen LogP contribution in [0, 0.1) is 40.9 Å². The molecule has 0 N–H and O–H groups in total. The second-order valence-corrected chi connectivity index (χ2v) is 5.59. The monoisotopic (exact) mass is 134 g/mol. The maximum atomic E-state index is 2.50. The van der Waals surface area contributed by atoms with Crippen LogP contribution in [0.5, 0.6) is 0 Å². The lowest BCUT2D eigenvalue weighted by Gasteiger charge is -2.65. The summed E-state index contributed by atoms with van der Waals surface area (Å²) in [6.07, 6.45) is 1.61. The van der Waals surface area contributed by atoms with Crippen LogP contribution in [-0.4, -0.2) is 0 Å². The Morgan fingerprint density at radius 3 is 2.20 bits per heavy atom. The third-order valence-corrected chi connectivity index (χ3v) is 5.37. The van der Waals surface area contributed by atoms with Crippen molar-refractivity contribution in [2.45, 2.75) is 20.3 Å². The Kier molecular flexibility index (Phi) is 0.442. The van der Waals surface area contributed by atoms with E-state index < -0.39 is 0 Å². The summed E-state index contributed by atoms with van der Waals surface area (Å²) >= 11 is 0. The maximum absolute atomic E-state index is 2.50. The first-order valence-corrected chi connectivity index (χ1v) is 4.73. The average molecular weight is 134 g/mol. The van der Waals surface area contributed by atoms with Crippen LogP contribution < -0.4 is 0 Å². The fraction of sp³-hybridized carbons (Fsp3) is 1.00. The molecule has 4 aliphatic rings. The van der Waals surface area contributed by atoms with E-state index in [2.05, 4.69) is 13.8 Å². The molecule has 0 aromatic carbocycles. The normalized spacial score (nSPS) is 77.4. The van der Waals surface area contributed by atoms with Crippen molar-refractivity contribution in [3.8, 4) is 0 Å². The molecule has 1 unspecified atom stereocenters. The summed E-state index contributed by atoms with van der Waals surface area (Å²) in [6.45, 7) is 5.01. The highest BCUT2D eigenvalue weighted by molar-refractivity contribution is 5.32. The van der Waals surface area contributed by atoms with Crippen LogP contribution in [0.15, 0.2) is 0 Å². The third-order valence-electron chi connectivity index (χ3n) is 5.37. The van der Waals surface area contributed by atoms with E-state index in [1.54, 1.807) is 6.42 Å². The first-order valence-electron chi connectivity index (χ1n) is 4.73. The minimum atomic E-state index is 0.777. The van der Waals surface area contributed by atoms with Crippen molar-refractivity contribution < 1.29 is 0 Å². The van der Waals surface area contributed by atoms with Crippen LogP contribution in [0.1, 0.15) is 20.3 Å². The van der Waals surface area contributed by atoms with Gasteiger partial charge in [-0.05, 0) is 47.3 Å². The summed E-state index contributed by atoms with van der Waals surface area (Å²) in [5, 5.41) is 0. The zero-order chi connectivity index (χ0) is 6.67. The van der Waals surface area contributed by atoms with Gasteiger partial charge in [0, 0.05) is 0 Å². The summed E-state index contributed by atoms with van der Waals surface area (Å²) in [7, 11) is 0. The van der Waals surface area contributed by atoms with Crippen molar-refractivity contribution in [1.29, 1.82) is 0 Å². The smallest absolute Gasteiger partial charge is 0.0289 e. The molecule has 0 saturated heterocycles. The number of fused-ring (bicyclic) bond motifs is 2. The Labute approximate surface area is 62.0 Å². The van der Waals surface area contributed by atoms with Gasteiger partial charge in [-0.3, -0.25) is 0 Å². The summed E-state index contributed by atoms with van der Waals surface area (Å²) in [4.78, 5) is 0. The number of rotatable bonds is 0. The standard InChI is InChI=1S/C10H14/c1-10(2)5-3-4-6-7(4)9(10)8(5)6/h4-9H,3H2,1-2H3/t4-,5+,6?,7-,8+,9-/m0/s1. The van der Waals surface area contributed by atoms with Gasteiger partial charge in [0.2, 0.25) is 0 Å². The van der Waals surface area contributed by atoms with Gasteiger partial charge in [-0.25, -0.2) is 0 Å². The molecule has 10 heavy (non-hydrogen) atoms. The molecule has 0 spiro atoms. The van der Waals surface area contributed by atoms with Gasteiger partial charge >= 0.3 is 0 Å². The van der Waals surface area contributed by atoms with E-state index in [0.717, 1.165) is 11.3 Å². The Balaban J connectivity index is 1.89. The zero-order valence-electron chi connectivity index (χ0n) is 6.67. The quantitative estimate of drug-likeness (QED) is 0.476. The topological polar surface area (TPSA) is 0 Å². The molecule has 4 rings (SSSR count). The second-order valence-electron chi connectivity index (χ2n) is 5.59. The van der Waals surface area contributed by atoms with E-state index in [1.165, 1.54) is 29.6 Å². The SMILES string of the molecule is CC1(C)[C@@H]2[C@H]3C4[C@@H]2[C@H]4C[C@H]31. The highest BCUT2D eigenvalue weighted by Crippen LogP contribution is 2.90. The number of hydrogen-bond acceptors (Lipinski definition) is 0. The van der Waals surface area contributed by atoms with Gasteiger partial charge in [0.05, 0.1) is 0 Å². The fourth-order valence-corrected chi connectivity index (χ4v) is 5.03. The Hall–Kier alpha value is 0. The zero-order valence-corrected chi connectivity index (χ0v) is 6.67. The highest BCUT2D eigenvalue weighted by Gasteiger charge is 2.85. The molecule has 0 aromatic heterocycles. The summed E-state index contributed by atoms with van der Waals surface area (Å²) < 4.78 is 0. The van der Waals surface area contributed by atoms with Gasteiger partial charge in [0.15, 0.2) is 0 Å². The lowest BCUT2D eigenvalue weighted by Crippen LogP contribution is -2.61. The molecule has 0 bridgehead atoms. The van der Waals surface area contributed by atoms with E-state index in [-0.39, 0.29) is 0 Å². The van der Waals surface area contributed by atoms with E-state index >= 15 is 0 Å². The van der Waals surface area contributed by atoms with E-state index in [9.17, 15) is 0 Å². The summed E-state index contributed by atoms with van der Waals surface area (Å²) in [5.41, 5.74) is 0.777. The van der Waals surface area contributed by atoms with Crippen LogP contribution >= 0.6 is 0 Å². The molecule has 0 nitrogen and oxygen atoms in total. The van der Waals surface area contributed by atoms with Crippen molar-refractivity contribution in [2.24, 2.45) is 40.9 Å². The van der Waals surface area contributed by atoms with Crippen LogP contribution in [0.25, 0.3) is 0 Å². The van der Waals surface area contributed by atoms with E-state index in [1.807, 2.05) is 0 Å². The molecular weight excluding hydrogens is 120 g/mol. The van der Waals surface area contributed by atoms with Gasteiger partial charge in [0.1, 0.15) is 0 Å². The average Bonchev–Trinajstić information content (AvgIpc) is 2.30. The lowest BCUT2D eigenvalue weighted by molar-refractivity contribution is -0.180. The summed E-state index contributed by atoms with van der Waals surface area (Å²) in [6, 6.07) is 0. The molecule has 4 aliphatic carbocycles. The van der Waals surface area contributed by atoms with Crippen molar-refractivity contribution in [1.82, 2.24) is 0 Å². The molecule has 0 amide bonds. The Morgan fingerprint density at radius 1 is 1.10 bits per heavy atom. The third kappa shape index (κ3) is 0.222. The fourth-order valence-electron chi connectivity index (χ4n) is 5.03. The van der Waals surface area contributed by atoms with Crippen molar-refractivity contribution in [3.05, 3.63) is 0 Å². The van der Waals surface area contributed by atoms with Gasteiger partial charge in [-0.1, -0.05) is 13.8 Å². The van der Waals surface area contributed by atoms with E-state index in [0.29, 0.717) is 0 Å². The predicted molar refractivity (Wildman–Crippen MR) is 39.3 cm³/mol. The van der Waals surface area contributed by atoms with Crippen molar-refractivity contribution in [3.63, 3.8) is 0 Å². The molecule has 4 saturated carbocycles. The largest absolute Gasteiger partial charge is 0.0593 e. The first-order chi connectivity index (χ1) is 4.73.